The monoisotopic (exact) mass is 383 g/mol. The highest BCUT2D eigenvalue weighted by Gasteiger charge is 2.21. The summed E-state index contributed by atoms with van der Waals surface area (Å²) in [7, 11) is 1.68. The molecule has 0 atom stereocenters. The van der Waals surface area contributed by atoms with Crippen LogP contribution in [0.2, 0.25) is 0 Å². The summed E-state index contributed by atoms with van der Waals surface area (Å²) in [5.41, 5.74) is 3.05. The van der Waals surface area contributed by atoms with E-state index in [-0.39, 0.29) is 5.91 Å². The van der Waals surface area contributed by atoms with Gasteiger partial charge < -0.3 is 20.3 Å². The fraction of sp³-hybridized carbons (Fsp3) is 0.333. The Kier molecular flexibility index (Phi) is 6.65. The van der Waals surface area contributed by atoms with Gasteiger partial charge in [-0.05, 0) is 67.4 Å². The van der Waals surface area contributed by atoms with Crippen LogP contribution in [0.4, 0.5) is 11.4 Å². The van der Waals surface area contributed by atoms with Crippen molar-refractivity contribution in [3.8, 4) is 5.75 Å². The molecule has 0 bridgehead atoms. The fourth-order valence-corrected chi connectivity index (χ4v) is 3.39. The topological polar surface area (TPSA) is 53.6 Å². The lowest BCUT2D eigenvalue weighted by Crippen LogP contribution is -2.29. The maximum absolute atomic E-state index is 11.9. The summed E-state index contributed by atoms with van der Waals surface area (Å²) < 4.78 is 5.25. The highest BCUT2D eigenvalue weighted by molar-refractivity contribution is 7.80. The lowest BCUT2D eigenvalue weighted by Gasteiger charge is -2.17. The van der Waals surface area contributed by atoms with E-state index in [2.05, 4.69) is 22.8 Å². The number of carbonyl (C=O) groups excluding carboxylic acids is 1. The fourth-order valence-electron chi connectivity index (χ4n) is 3.17. The molecule has 1 saturated heterocycles. The number of nitrogens with one attached hydrogen (secondary N) is 2. The van der Waals surface area contributed by atoms with Crippen molar-refractivity contribution < 1.29 is 9.53 Å². The Morgan fingerprint density at radius 1 is 1.22 bits per heavy atom. The van der Waals surface area contributed by atoms with Crippen LogP contribution in [0.5, 0.6) is 5.75 Å². The number of aryl methyl sites for hydroxylation is 1. The average molecular weight is 384 g/mol. The summed E-state index contributed by atoms with van der Waals surface area (Å²) in [6.07, 6.45) is 3.48. The molecule has 0 saturated carbocycles. The molecule has 1 aliphatic rings. The summed E-state index contributed by atoms with van der Waals surface area (Å²) in [6, 6.07) is 15.9. The zero-order chi connectivity index (χ0) is 19.1. The van der Waals surface area contributed by atoms with Gasteiger partial charge in [0.05, 0.1) is 7.11 Å². The van der Waals surface area contributed by atoms with Gasteiger partial charge >= 0.3 is 0 Å². The molecule has 142 valence electrons. The summed E-state index contributed by atoms with van der Waals surface area (Å²) in [5, 5.41) is 7.02. The minimum absolute atomic E-state index is 0.186. The number of thiocarbonyl (C=S) groups is 1. The van der Waals surface area contributed by atoms with E-state index in [4.69, 9.17) is 17.0 Å². The van der Waals surface area contributed by atoms with E-state index < -0.39 is 0 Å². The van der Waals surface area contributed by atoms with E-state index in [1.54, 1.807) is 7.11 Å². The quantitative estimate of drug-likeness (QED) is 0.563. The number of nitrogens with zero attached hydrogens (tertiary/aromatic N) is 1. The van der Waals surface area contributed by atoms with E-state index in [0.717, 1.165) is 49.5 Å². The van der Waals surface area contributed by atoms with Crippen molar-refractivity contribution in [2.24, 2.45) is 0 Å². The van der Waals surface area contributed by atoms with E-state index in [1.165, 1.54) is 5.56 Å². The highest BCUT2D eigenvalue weighted by atomic mass is 32.1. The molecule has 2 N–H and O–H groups in total. The molecule has 0 aromatic heterocycles. The van der Waals surface area contributed by atoms with Crippen molar-refractivity contribution >= 4 is 34.6 Å². The Hall–Kier alpha value is -2.60. The van der Waals surface area contributed by atoms with Gasteiger partial charge in [0.15, 0.2) is 5.11 Å². The molecule has 27 heavy (non-hydrogen) atoms. The Balaban J connectivity index is 1.44. The van der Waals surface area contributed by atoms with Crippen LogP contribution in [0.3, 0.4) is 0 Å². The van der Waals surface area contributed by atoms with Gasteiger partial charge in [0, 0.05) is 30.9 Å². The van der Waals surface area contributed by atoms with E-state index >= 15 is 0 Å². The first-order valence-corrected chi connectivity index (χ1v) is 9.65. The standard InChI is InChI=1S/C21H25N3O2S/c1-26-19-10-2-6-16(14-19)7-4-12-22-21(27)23-17-8-3-9-18(15-17)24-13-5-11-20(24)25/h2-3,6,8-10,14-15H,4-5,7,11-13H2,1H3,(H2,22,23,27). The summed E-state index contributed by atoms with van der Waals surface area (Å²) in [6.45, 7) is 1.57. The molecule has 1 heterocycles. The van der Waals surface area contributed by atoms with E-state index in [0.29, 0.717) is 11.5 Å². The van der Waals surface area contributed by atoms with Crippen LogP contribution < -0.4 is 20.3 Å². The molecule has 2 aromatic rings. The van der Waals surface area contributed by atoms with Crippen LogP contribution in [0.1, 0.15) is 24.8 Å². The number of anilines is 2. The number of hydrogen-bond acceptors (Lipinski definition) is 3. The number of hydrogen-bond donors (Lipinski definition) is 2. The predicted octanol–water partition coefficient (Wildman–Crippen LogP) is 3.74. The second-order valence-electron chi connectivity index (χ2n) is 6.54. The van der Waals surface area contributed by atoms with Crippen molar-refractivity contribution in [3.05, 3.63) is 54.1 Å². The molecule has 5 nitrogen and oxygen atoms in total. The maximum Gasteiger partial charge on any atom is 0.227 e. The number of benzene rings is 2. The van der Waals surface area contributed by atoms with Crippen molar-refractivity contribution in [3.63, 3.8) is 0 Å². The second-order valence-corrected chi connectivity index (χ2v) is 6.94. The zero-order valence-corrected chi connectivity index (χ0v) is 16.3. The largest absolute Gasteiger partial charge is 0.497 e. The van der Waals surface area contributed by atoms with Gasteiger partial charge in [0.2, 0.25) is 5.91 Å². The van der Waals surface area contributed by atoms with Crippen LogP contribution in [0.15, 0.2) is 48.5 Å². The molecule has 0 radical (unpaired) electrons. The van der Waals surface area contributed by atoms with Gasteiger partial charge in [0.1, 0.15) is 5.75 Å². The molecular formula is C21H25N3O2S. The Morgan fingerprint density at radius 2 is 2.07 bits per heavy atom. The van der Waals surface area contributed by atoms with Gasteiger partial charge in [-0.15, -0.1) is 0 Å². The van der Waals surface area contributed by atoms with Gasteiger partial charge in [-0.2, -0.15) is 0 Å². The minimum Gasteiger partial charge on any atom is -0.497 e. The van der Waals surface area contributed by atoms with Crippen molar-refractivity contribution in [1.29, 1.82) is 0 Å². The Morgan fingerprint density at radius 3 is 2.85 bits per heavy atom. The number of ether oxygens (including phenoxy) is 1. The average Bonchev–Trinajstić information content (AvgIpc) is 3.11. The minimum atomic E-state index is 0.186. The third kappa shape index (κ3) is 5.44. The van der Waals surface area contributed by atoms with Gasteiger partial charge in [-0.25, -0.2) is 0 Å². The van der Waals surface area contributed by atoms with Crippen LogP contribution in [-0.4, -0.2) is 31.2 Å². The number of amides is 1. The van der Waals surface area contributed by atoms with Crippen molar-refractivity contribution in [1.82, 2.24) is 5.32 Å². The SMILES string of the molecule is COc1cccc(CCCNC(=S)Nc2cccc(N3CCCC3=O)c2)c1. The zero-order valence-electron chi connectivity index (χ0n) is 15.5. The first-order valence-electron chi connectivity index (χ1n) is 9.24. The van der Waals surface area contributed by atoms with Crippen LogP contribution in [-0.2, 0) is 11.2 Å². The molecule has 1 aliphatic heterocycles. The molecular weight excluding hydrogens is 358 g/mol. The summed E-state index contributed by atoms with van der Waals surface area (Å²) >= 11 is 5.38. The molecule has 3 rings (SSSR count). The lowest BCUT2D eigenvalue weighted by molar-refractivity contribution is -0.117. The Labute approximate surface area is 165 Å². The van der Waals surface area contributed by atoms with Crippen molar-refractivity contribution in [2.75, 3.05) is 30.4 Å². The Bertz CT molecular complexity index is 810. The number of methoxy groups -OCH3 is 1. The summed E-state index contributed by atoms with van der Waals surface area (Å²) in [5.74, 6) is 1.07. The van der Waals surface area contributed by atoms with Crippen LogP contribution in [0.25, 0.3) is 0 Å². The van der Waals surface area contributed by atoms with Gasteiger partial charge in [0.25, 0.3) is 0 Å². The van der Waals surface area contributed by atoms with Crippen LogP contribution >= 0.6 is 12.2 Å². The van der Waals surface area contributed by atoms with E-state index in [9.17, 15) is 4.79 Å². The lowest BCUT2D eigenvalue weighted by atomic mass is 10.1. The van der Waals surface area contributed by atoms with E-state index in [1.807, 2.05) is 41.3 Å². The molecule has 1 amide bonds. The van der Waals surface area contributed by atoms with Crippen molar-refractivity contribution in [2.45, 2.75) is 25.7 Å². The highest BCUT2D eigenvalue weighted by Crippen LogP contribution is 2.24. The first-order chi connectivity index (χ1) is 13.2. The summed E-state index contributed by atoms with van der Waals surface area (Å²) in [4.78, 5) is 13.7. The van der Waals surface area contributed by atoms with Gasteiger partial charge in [-0.1, -0.05) is 18.2 Å². The predicted molar refractivity (Wildman–Crippen MR) is 114 cm³/mol. The molecule has 0 spiro atoms. The third-order valence-corrected chi connectivity index (χ3v) is 4.80. The second kappa shape index (κ2) is 9.37. The smallest absolute Gasteiger partial charge is 0.227 e. The molecule has 0 unspecified atom stereocenters. The van der Waals surface area contributed by atoms with Crippen LogP contribution in [0, 0.1) is 0 Å². The number of carbonyl (C=O) groups is 1. The number of rotatable bonds is 7. The molecule has 2 aromatic carbocycles. The third-order valence-electron chi connectivity index (χ3n) is 4.55. The molecule has 1 fully saturated rings. The first kappa shape index (κ1) is 19.2. The molecule has 6 heteroatoms. The maximum atomic E-state index is 11.9. The normalized spacial score (nSPS) is 13.5. The molecule has 0 aliphatic carbocycles. The van der Waals surface area contributed by atoms with Gasteiger partial charge in [-0.3, -0.25) is 4.79 Å².